The maximum absolute atomic E-state index is 9.60. The summed E-state index contributed by atoms with van der Waals surface area (Å²) in [4.78, 5) is 9.60. The molecule has 0 bridgehead atoms. The second-order valence-corrected chi connectivity index (χ2v) is 21.9. The summed E-state index contributed by atoms with van der Waals surface area (Å²) in [5.41, 5.74) is 0.176. The summed E-state index contributed by atoms with van der Waals surface area (Å²) in [6.07, 6.45) is 0. The van der Waals surface area contributed by atoms with Crippen molar-refractivity contribution in [3.8, 4) is 0 Å². The fourth-order valence-electron chi connectivity index (χ4n) is 1.94. The molecule has 0 rings (SSSR count). The van der Waals surface area contributed by atoms with E-state index in [0.717, 1.165) is 0 Å². The summed E-state index contributed by atoms with van der Waals surface area (Å²) < 4.78 is 18.4. The van der Waals surface area contributed by atoms with Gasteiger partial charge in [-0.3, -0.25) is 0 Å². The molecule has 0 aromatic heterocycles. The standard InChI is InChI=1S/C9H28O3Si4.C4H6O2/c1-13(2)10-15(6,7)12-16(8,9)11-14(3,4)5;1-3(2)4(5)6/h13H,1-9H3;1H2,2H3,(H,5,6). The Balaban J connectivity index is 0. The van der Waals surface area contributed by atoms with Crippen molar-refractivity contribution in [2.45, 2.75) is 65.8 Å². The number of carbonyl (C=O) groups is 1. The Labute approximate surface area is 141 Å². The van der Waals surface area contributed by atoms with E-state index in [-0.39, 0.29) is 5.57 Å². The molecule has 1 N–H and O–H groups in total. The SMILES string of the molecule is C=C(C)C(=O)O.C[SiH](C)O[Si](C)(C)O[Si](C)(C)O[Si](C)(C)C. The monoisotopic (exact) mass is 382 g/mol. The third-order valence-corrected chi connectivity index (χ3v) is 14.4. The van der Waals surface area contributed by atoms with Crippen LogP contribution in [0.3, 0.4) is 0 Å². The van der Waals surface area contributed by atoms with Gasteiger partial charge in [-0.25, -0.2) is 4.79 Å². The zero-order valence-electron chi connectivity index (χ0n) is 15.9. The molecule has 0 saturated carbocycles. The highest BCUT2D eigenvalue weighted by molar-refractivity contribution is 6.87. The van der Waals surface area contributed by atoms with Crippen LogP contribution in [-0.4, -0.2) is 45.6 Å². The number of carboxylic acid groups (broad SMARTS) is 1. The first kappa shape index (κ1) is 24.2. The van der Waals surface area contributed by atoms with E-state index in [4.69, 9.17) is 17.5 Å². The predicted octanol–water partition coefficient (Wildman–Crippen LogP) is 3.91. The Morgan fingerprint density at radius 1 is 0.955 bits per heavy atom. The number of carboxylic acids is 1. The summed E-state index contributed by atoms with van der Waals surface area (Å²) in [5.74, 6) is -0.935. The van der Waals surface area contributed by atoms with Gasteiger partial charge in [0.25, 0.3) is 0 Å². The van der Waals surface area contributed by atoms with E-state index in [1.54, 1.807) is 0 Å². The Bertz CT molecular complexity index is 363. The second-order valence-electron chi connectivity index (χ2n) is 7.37. The molecule has 0 aromatic rings. The van der Waals surface area contributed by atoms with Crippen LogP contribution < -0.4 is 0 Å². The predicted molar refractivity (Wildman–Crippen MR) is 103 cm³/mol. The lowest BCUT2D eigenvalue weighted by Crippen LogP contribution is -2.53. The molecule has 5 nitrogen and oxygen atoms in total. The molecule has 9 heteroatoms. The van der Waals surface area contributed by atoms with E-state index in [9.17, 15) is 4.79 Å². The number of hydrogen-bond acceptors (Lipinski definition) is 4. The van der Waals surface area contributed by atoms with Crippen LogP contribution in [0.1, 0.15) is 6.92 Å². The molecule has 0 saturated heterocycles. The van der Waals surface area contributed by atoms with Crippen molar-refractivity contribution < 1.29 is 22.2 Å². The topological polar surface area (TPSA) is 65.0 Å². The van der Waals surface area contributed by atoms with Crippen LogP contribution in [0.5, 0.6) is 0 Å². The first-order valence-electron chi connectivity index (χ1n) is 7.44. The molecule has 0 aromatic carbocycles. The molecule has 0 aliphatic rings. The van der Waals surface area contributed by atoms with Gasteiger partial charge in [0.15, 0.2) is 17.4 Å². The largest absolute Gasteiger partial charge is 0.478 e. The molecule has 0 amide bonds. The van der Waals surface area contributed by atoms with Gasteiger partial charge in [0, 0.05) is 5.57 Å². The van der Waals surface area contributed by atoms with Crippen LogP contribution >= 0.6 is 0 Å². The van der Waals surface area contributed by atoms with E-state index < -0.39 is 40.4 Å². The molecule has 0 aliphatic carbocycles. The Hall–Kier alpha value is -0.0425. The van der Waals surface area contributed by atoms with Gasteiger partial charge < -0.3 is 17.5 Å². The number of aliphatic carboxylic acids is 1. The van der Waals surface area contributed by atoms with E-state index >= 15 is 0 Å². The molecule has 132 valence electrons. The molecule has 0 fully saturated rings. The van der Waals surface area contributed by atoms with Gasteiger partial charge in [0.2, 0.25) is 0 Å². The third kappa shape index (κ3) is 16.3. The lowest BCUT2D eigenvalue weighted by molar-refractivity contribution is -0.132. The zero-order valence-corrected chi connectivity index (χ0v) is 20.0. The number of hydrogen-bond donors (Lipinski definition) is 1. The van der Waals surface area contributed by atoms with Crippen LogP contribution in [0.25, 0.3) is 0 Å². The second kappa shape index (κ2) is 9.30. The lowest BCUT2D eigenvalue weighted by atomic mass is 10.4. The van der Waals surface area contributed by atoms with Crippen molar-refractivity contribution in [3.63, 3.8) is 0 Å². The van der Waals surface area contributed by atoms with E-state index in [2.05, 4.69) is 65.5 Å². The minimum atomic E-state index is -2.02. The molecular formula is C13H34O5Si4. The fourth-order valence-corrected chi connectivity index (χ4v) is 18.3. The Morgan fingerprint density at radius 2 is 1.32 bits per heavy atom. The van der Waals surface area contributed by atoms with Crippen molar-refractivity contribution in [3.05, 3.63) is 12.2 Å². The summed E-state index contributed by atoms with van der Waals surface area (Å²) in [7, 11) is -6.54. The minimum Gasteiger partial charge on any atom is -0.478 e. The van der Waals surface area contributed by atoms with Crippen LogP contribution in [0, 0.1) is 0 Å². The average Bonchev–Trinajstić information content (AvgIpc) is 2.08. The van der Waals surface area contributed by atoms with Gasteiger partial charge in [0.1, 0.15) is 0 Å². The van der Waals surface area contributed by atoms with E-state index in [0.29, 0.717) is 0 Å². The van der Waals surface area contributed by atoms with Crippen molar-refractivity contribution in [1.29, 1.82) is 0 Å². The number of rotatable bonds is 7. The van der Waals surface area contributed by atoms with Crippen LogP contribution in [0.4, 0.5) is 0 Å². The molecule has 22 heavy (non-hydrogen) atoms. The van der Waals surface area contributed by atoms with E-state index in [1.807, 2.05) is 0 Å². The minimum absolute atomic E-state index is 0.176. The first-order chi connectivity index (χ1) is 9.47. The summed E-state index contributed by atoms with van der Waals surface area (Å²) in [5, 5.41) is 7.89. The highest BCUT2D eigenvalue weighted by Gasteiger charge is 2.39. The third-order valence-electron chi connectivity index (χ3n) is 1.93. The summed E-state index contributed by atoms with van der Waals surface area (Å²) >= 11 is 0. The van der Waals surface area contributed by atoms with Crippen molar-refractivity contribution in [2.75, 3.05) is 0 Å². The van der Waals surface area contributed by atoms with Crippen LogP contribution in [0.2, 0.25) is 58.9 Å². The Morgan fingerprint density at radius 3 is 1.55 bits per heavy atom. The quantitative estimate of drug-likeness (QED) is 0.534. The van der Waals surface area contributed by atoms with E-state index in [1.165, 1.54) is 6.92 Å². The smallest absolute Gasteiger partial charge is 0.330 e. The maximum Gasteiger partial charge on any atom is 0.330 e. The molecule has 0 unspecified atom stereocenters. The maximum atomic E-state index is 9.60. The van der Waals surface area contributed by atoms with Crippen molar-refractivity contribution in [2.24, 2.45) is 0 Å². The lowest BCUT2D eigenvalue weighted by Gasteiger charge is -2.37. The molecule has 0 heterocycles. The van der Waals surface area contributed by atoms with Gasteiger partial charge in [-0.05, 0) is 65.8 Å². The van der Waals surface area contributed by atoms with Gasteiger partial charge >= 0.3 is 23.1 Å². The van der Waals surface area contributed by atoms with Crippen molar-refractivity contribution >= 4 is 40.4 Å². The average molecular weight is 383 g/mol. The summed E-state index contributed by atoms with van der Waals surface area (Å²) in [6.45, 7) is 24.1. The van der Waals surface area contributed by atoms with Gasteiger partial charge in [-0.15, -0.1) is 0 Å². The Kier molecular flexibility index (Phi) is 10.2. The molecule has 0 spiro atoms. The summed E-state index contributed by atoms with van der Waals surface area (Å²) in [6, 6.07) is 0. The van der Waals surface area contributed by atoms with Gasteiger partial charge in [-0.1, -0.05) is 6.58 Å². The van der Waals surface area contributed by atoms with Gasteiger partial charge in [-0.2, -0.15) is 0 Å². The molecule has 0 radical (unpaired) electrons. The normalized spacial score (nSPS) is 12.7. The molecular weight excluding hydrogens is 348 g/mol. The van der Waals surface area contributed by atoms with Crippen LogP contribution in [0.15, 0.2) is 12.2 Å². The first-order valence-corrected chi connectivity index (χ1v) is 19.3. The highest BCUT2D eigenvalue weighted by Crippen LogP contribution is 2.21. The van der Waals surface area contributed by atoms with Crippen molar-refractivity contribution in [1.82, 2.24) is 0 Å². The zero-order chi connectivity index (χ0) is 18.4. The molecule has 0 aliphatic heterocycles. The van der Waals surface area contributed by atoms with Gasteiger partial charge in [0.05, 0.1) is 0 Å². The molecule has 0 atom stereocenters. The highest BCUT2D eigenvalue weighted by atomic mass is 28.5. The fraction of sp³-hybridized carbons (Fsp3) is 0.769. The van der Waals surface area contributed by atoms with Crippen LogP contribution in [-0.2, 0) is 17.1 Å².